The maximum Gasteiger partial charge on any atom is 0.405 e. The third-order valence-electron chi connectivity index (χ3n) is 10.4. The lowest BCUT2D eigenvalue weighted by Gasteiger charge is -2.34. The lowest BCUT2D eigenvalue weighted by Crippen LogP contribution is -2.49. The van der Waals surface area contributed by atoms with E-state index in [0.717, 1.165) is 19.3 Å². The van der Waals surface area contributed by atoms with Crippen LogP contribution in [0.3, 0.4) is 0 Å². The molecule has 4 bridgehead atoms. The molecule has 0 N–H and O–H groups in total. The molecule has 4 aliphatic carbocycles. The van der Waals surface area contributed by atoms with Crippen molar-refractivity contribution in [2.45, 2.75) is 104 Å². The van der Waals surface area contributed by atoms with E-state index in [4.69, 9.17) is 18.9 Å². The van der Waals surface area contributed by atoms with Crippen molar-refractivity contribution < 1.29 is 51.3 Å². The minimum Gasteiger partial charge on any atom is -0.458 e. The van der Waals surface area contributed by atoms with Gasteiger partial charge < -0.3 is 18.9 Å². The molecule has 11 atom stereocenters. The van der Waals surface area contributed by atoms with E-state index in [2.05, 4.69) is 0 Å². The van der Waals surface area contributed by atoms with Crippen LogP contribution < -0.4 is 0 Å². The number of hydrogen-bond donors (Lipinski definition) is 0. The molecule has 4 saturated carbocycles. The van der Waals surface area contributed by atoms with Gasteiger partial charge in [-0.15, -0.1) is 0 Å². The van der Waals surface area contributed by atoms with Crippen molar-refractivity contribution in [2.75, 3.05) is 0 Å². The minimum absolute atomic E-state index is 0.0676. The maximum atomic E-state index is 13.4. The Labute approximate surface area is 225 Å². The molecular formula is C28H37F3O8. The van der Waals surface area contributed by atoms with Crippen LogP contribution in [0.15, 0.2) is 0 Å². The molecule has 2 saturated heterocycles. The van der Waals surface area contributed by atoms with Gasteiger partial charge in [0.05, 0.1) is 17.3 Å². The largest absolute Gasteiger partial charge is 0.458 e. The molecule has 39 heavy (non-hydrogen) atoms. The van der Waals surface area contributed by atoms with Gasteiger partial charge in [0.2, 0.25) is 0 Å². The lowest BCUT2D eigenvalue weighted by atomic mass is 9.73. The highest BCUT2D eigenvalue weighted by Gasteiger charge is 2.80. The number of alkyl halides is 3. The van der Waals surface area contributed by atoms with Gasteiger partial charge in [-0.3, -0.25) is 19.2 Å². The number of rotatable bonds is 6. The smallest absolute Gasteiger partial charge is 0.405 e. The van der Waals surface area contributed by atoms with E-state index in [1.165, 1.54) is 0 Å². The van der Waals surface area contributed by atoms with E-state index >= 15 is 0 Å². The molecule has 0 amide bonds. The van der Waals surface area contributed by atoms with Crippen LogP contribution in [0.2, 0.25) is 0 Å². The first kappa shape index (κ1) is 28.2. The first-order chi connectivity index (χ1) is 18.2. The second kappa shape index (κ2) is 9.36. The predicted octanol–water partition coefficient (Wildman–Crippen LogP) is 4.37. The first-order valence-corrected chi connectivity index (χ1v) is 14.1. The molecule has 11 heteroatoms. The Hall–Kier alpha value is -2.33. The highest BCUT2D eigenvalue weighted by Crippen LogP contribution is 2.68. The molecule has 11 unspecified atom stereocenters. The summed E-state index contributed by atoms with van der Waals surface area (Å²) in [5.41, 5.74) is -3.09. The second-order valence-corrected chi connectivity index (χ2v) is 12.9. The number of fused-ring (bicyclic) bond motifs is 2. The summed E-state index contributed by atoms with van der Waals surface area (Å²) in [6, 6.07) is 0. The van der Waals surface area contributed by atoms with E-state index < -0.39 is 53.0 Å². The quantitative estimate of drug-likeness (QED) is 0.350. The Morgan fingerprint density at radius 1 is 1.00 bits per heavy atom. The van der Waals surface area contributed by atoms with Crippen molar-refractivity contribution in [3.8, 4) is 0 Å². The molecule has 6 aliphatic rings. The van der Waals surface area contributed by atoms with Gasteiger partial charge in [-0.25, -0.2) is 0 Å². The number of ether oxygens (including phenoxy) is 4. The molecule has 2 aliphatic heterocycles. The topological polar surface area (TPSA) is 105 Å². The third kappa shape index (κ3) is 4.15. The fourth-order valence-corrected chi connectivity index (χ4v) is 7.46. The Morgan fingerprint density at radius 2 is 1.67 bits per heavy atom. The summed E-state index contributed by atoms with van der Waals surface area (Å²) in [5, 5.41) is 0. The Balaban J connectivity index is 0.000000163. The van der Waals surface area contributed by atoms with Crippen LogP contribution in [0.25, 0.3) is 0 Å². The molecule has 6 rings (SSSR count). The number of carbonyl (C=O) groups excluding carboxylic acids is 4. The van der Waals surface area contributed by atoms with Crippen LogP contribution >= 0.6 is 0 Å². The van der Waals surface area contributed by atoms with Crippen molar-refractivity contribution in [2.24, 2.45) is 46.3 Å². The summed E-state index contributed by atoms with van der Waals surface area (Å²) < 4.78 is 61.5. The van der Waals surface area contributed by atoms with Crippen LogP contribution in [0.1, 0.15) is 73.1 Å². The van der Waals surface area contributed by atoms with E-state index in [-0.39, 0.29) is 48.8 Å². The average Bonchev–Trinajstić information content (AvgIpc) is 3.67. The zero-order chi connectivity index (χ0) is 28.7. The Morgan fingerprint density at radius 3 is 2.28 bits per heavy atom. The number of esters is 4. The molecule has 0 aromatic heterocycles. The van der Waals surface area contributed by atoms with Crippen LogP contribution in [-0.2, 0) is 38.1 Å². The van der Waals surface area contributed by atoms with E-state index in [9.17, 15) is 32.3 Å². The average molecular weight is 559 g/mol. The fourth-order valence-electron chi connectivity index (χ4n) is 7.46. The molecule has 6 fully saturated rings. The summed E-state index contributed by atoms with van der Waals surface area (Å²) >= 11 is 0. The van der Waals surface area contributed by atoms with Crippen LogP contribution in [-0.4, -0.2) is 54.5 Å². The van der Waals surface area contributed by atoms with Gasteiger partial charge in [0.15, 0.2) is 5.41 Å². The molecule has 0 radical (unpaired) electrons. The highest BCUT2D eigenvalue weighted by atomic mass is 19.4. The number of hydrogen-bond acceptors (Lipinski definition) is 8. The van der Waals surface area contributed by atoms with Crippen LogP contribution in [0, 0.1) is 46.3 Å². The molecular weight excluding hydrogens is 521 g/mol. The van der Waals surface area contributed by atoms with E-state index in [1.807, 2.05) is 20.8 Å². The van der Waals surface area contributed by atoms with Gasteiger partial charge in [-0.1, -0.05) is 20.8 Å². The lowest BCUT2D eigenvalue weighted by molar-refractivity contribution is -0.231. The van der Waals surface area contributed by atoms with Crippen molar-refractivity contribution in [3.05, 3.63) is 0 Å². The molecule has 0 aromatic carbocycles. The Kier molecular flexibility index (Phi) is 6.77. The number of carbonyl (C=O) groups is 4. The van der Waals surface area contributed by atoms with Crippen LogP contribution in [0.4, 0.5) is 13.2 Å². The van der Waals surface area contributed by atoms with Gasteiger partial charge in [-0.05, 0) is 52.4 Å². The predicted molar refractivity (Wildman–Crippen MR) is 127 cm³/mol. The molecule has 2 heterocycles. The zero-order valence-electron chi connectivity index (χ0n) is 22.9. The molecule has 0 aromatic rings. The van der Waals surface area contributed by atoms with Crippen molar-refractivity contribution in [1.82, 2.24) is 0 Å². The van der Waals surface area contributed by atoms with Gasteiger partial charge in [0, 0.05) is 23.7 Å². The molecule has 0 spiro atoms. The van der Waals surface area contributed by atoms with Crippen LogP contribution in [0.5, 0.6) is 0 Å². The summed E-state index contributed by atoms with van der Waals surface area (Å²) in [7, 11) is 0. The summed E-state index contributed by atoms with van der Waals surface area (Å²) in [6.45, 7) is 9.14. The highest BCUT2D eigenvalue weighted by molar-refractivity contribution is 5.83. The zero-order valence-corrected chi connectivity index (χ0v) is 22.9. The standard InChI is InChI=1S/C15H19F3O4.C13H18O4/c1-4-13(2,3)11(19)21-9-7-5-8-10(9)22-12(20)14(8,6-7)15(16,17)18;1-3-6(2)12(14)16-10-7-4-8-9(5-7)13(15)17-11(8)10/h7-10H,4-6H2,1-3H3;6-11H,3-5H2,1-2H3. The van der Waals surface area contributed by atoms with E-state index in [0.29, 0.717) is 18.3 Å². The monoisotopic (exact) mass is 558 g/mol. The normalized spacial score (nSPS) is 41.6. The second-order valence-electron chi connectivity index (χ2n) is 12.9. The third-order valence-corrected chi connectivity index (χ3v) is 10.4. The summed E-state index contributed by atoms with van der Waals surface area (Å²) in [5.74, 6) is -2.59. The molecule has 8 nitrogen and oxygen atoms in total. The maximum absolute atomic E-state index is 13.4. The summed E-state index contributed by atoms with van der Waals surface area (Å²) in [4.78, 5) is 47.4. The SMILES string of the molecule is CCC(C)(C)C(=O)OC1C2CC3C1OC(=O)C3(C(F)(F)F)C2.CCC(C)C(=O)OC1C2CC3C(=O)OC1C3C2. The number of halogens is 3. The molecule has 218 valence electrons. The van der Waals surface area contributed by atoms with Gasteiger partial charge in [0.1, 0.15) is 24.4 Å². The van der Waals surface area contributed by atoms with Crippen molar-refractivity contribution in [3.63, 3.8) is 0 Å². The van der Waals surface area contributed by atoms with E-state index in [1.54, 1.807) is 13.8 Å². The van der Waals surface area contributed by atoms with Gasteiger partial charge in [-0.2, -0.15) is 13.2 Å². The Bertz CT molecular complexity index is 1060. The van der Waals surface area contributed by atoms with Crippen molar-refractivity contribution >= 4 is 23.9 Å². The fraction of sp³-hybridized carbons (Fsp3) is 0.857. The van der Waals surface area contributed by atoms with Gasteiger partial charge in [0.25, 0.3) is 0 Å². The van der Waals surface area contributed by atoms with Crippen molar-refractivity contribution in [1.29, 1.82) is 0 Å². The van der Waals surface area contributed by atoms with Gasteiger partial charge >= 0.3 is 30.1 Å². The first-order valence-electron chi connectivity index (χ1n) is 14.1. The minimum atomic E-state index is -4.62. The summed E-state index contributed by atoms with van der Waals surface area (Å²) in [6.07, 6.45) is -3.58.